The number of nitrogens with one attached hydrogen (secondary N) is 1. The molecule has 2 amide bonds. The number of benzene rings is 1. The zero-order valence-electron chi connectivity index (χ0n) is 12.2. The molecule has 1 aliphatic rings. The largest absolute Gasteiger partial charge is 0.353 e. The molecule has 0 radical (unpaired) electrons. The summed E-state index contributed by atoms with van der Waals surface area (Å²) in [6.45, 7) is 3.12. The molecule has 0 spiro atoms. The first kappa shape index (κ1) is 15.8. The number of carbonyl (C=O) groups is 2. The summed E-state index contributed by atoms with van der Waals surface area (Å²) in [7, 11) is 0. The van der Waals surface area contributed by atoms with E-state index in [-0.39, 0.29) is 17.9 Å². The Morgan fingerprint density at radius 3 is 2.48 bits per heavy atom. The number of likely N-dealkylation sites (tertiary alicyclic amines) is 1. The molecule has 1 unspecified atom stereocenters. The lowest BCUT2D eigenvalue weighted by molar-refractivity contribution is -0.132. The van der Waals surface area contributed by atoms with Crippen molar-refractivity contribution in [3.63, 3.8) is 0 Å². The molecular formula is C16H21ClN2O2. The molecule has 1 heterocycles. The molecule has 1 saturated heterocycles. The van der Waals surface area contributed by atoms with Crippen molar-refractivity contribution in [2.75, 3.05) is 13.1 Å². The Morgan fingerprint density at radius 2 is 1.90 bits per heavy atom. The van der Waals surface area contributed by atoms with E-state index in [1.54, 1.807) is 4.90 Å². The molecule has 1 atom stereocenters. The SMILES string of the molecule is CCC(=O)NC1CCN(C(=O)C(Cl)c2ccccc2)CC1. The quantitative estimate of drug-likeness (QED) is 0.869. The summed E-state index contributed by atoms with van der Waals surface area (Å²) in [5.41, 5.74) is 0.825. The summed E-state index contributed by atoms with van der Waals surface area (Å²) in [6, 6.07) is 9.56. The van der Waals surface area contributed by atoms with Gasteiger partial charge in [0.2, 0.25) is 11.8 Å². The molecule has 0 bridgehead atoms. The van der Waals surface area contributed by atoms with Gasteiger partial charge in [-0.05, 0) is 18.4 Å². The first-order valence-corrected chi connectivity index (χ1v) is 7.82. The first-order chi connectivity index (χ1) is 10.1. The fourth-order valence-corrected chi connectivity index (χ4v) is 2.78. The predicted octanol–water partition coefficient (Wildman–Crippen LogP) is 2.48. The van der Waals surface area contributed by atoms with Gasteiger partial charge in [0.25, 0.3) is 0 Å². The molecule has 1 aliphatic heterocycles. The normalized spacial score (nSPS) is 17.3. The number of amides is 2. The monoisotopic (exact) mass is 308 g/mol. The average Bonchev–Trinajstić information content (AvgIpc) is 2.55. The molecule has 2 rings (SSSR count). The minimum atomic E-state index is -0.631. The van der Waals surface area contributed by atoms with Crippen LogP contribution in [0, 0.1) is 0 Å². The van der Waals surface area contributed by atoms with Crippen molar-refractivity contribution >= 4 is 23.4 Å². The van der Waals surface area contributed by atoms with E-state index in [1.165, 1.54) is 0 Å². The van der Waals surface area contributed by atoms with Crippen LogP contribution in [0.15, 0.2) is 30.3 Å². The summed E-state index contributed by atoms with van der Waals surface area (Å²) in [6.07, 6.45) is 2.07. The Balaban J connectivity index is 1.87. The van der Waals surface area contributed by atoms with E-state index in [0.717, 1.165) is 18.4 Å². The zero-order valence-corrected chi connectivity index (χ0v) is 13.0. The Labute approximate surface area is 130 Å². The lowest BCUT2D eigenvalue weighted by Gasteiger charge is -2.33. The van der Waals surface area contributed by atoms with Crippen molar-refractivity contribution in [3.8, 4) is 0 Å². The highest BCUT2D eigenvalue weighted by atomic mass is 35.5. The Kier molecular flexibility index (Phi) is 5.62. The van der Waals surface area contributed by atoms with Gasteiger partial charge in [0.15, 0.2) is 0 Å². The van der Waals surface area contributed by atoms with Crippen LogP contribution in [0.5, 0.6) is 0 Å². The van der Waals surface area contributed by atoms with Crippen LogP contribution in [0.25, 0.3) is 0 Å². The summed E-state index contributed by atoms with van der Waals surface area (Å²) >= 11 is 6.27. The number of piperidine rings is 1. The molecule has 1 aromatic carbocycles. The topological polar surface area (TPSA) is 49.4 Å². The smallest absolute Gasteiger partial charge is 0.245 e. The number of alkyl halides is 1. The van der Waals surface area contributed by atoms with Crippen molar-refractivity contribution < 1.29 is 9.59 Å². The van der Waals surface area contributed by atoms with Crippen LogP contribution in [0.1, 0.15) is 37.1 Å². The van der Waals surface area contributed by atoms with Gasteiger partial charge >= 0.3 is 0 Å². The number of hydrogen-bond donors (Lipinski definition) is 1. The van der Waals surface area contributed by atoms with Gasteiger partial charge in [-0.25, -0.2) is 0 Å². The van der Waals surface area contributed by atoms with Gasteiger partial charge in [-0.1, -0.05) is 37.3 Å². The summed E-state index contributed by atoms with van der Waals surface area (Å²) in [4.78, 5) is 25.6. The van der Waals surface area contributed by atoms with E-state index in [4.69, 9.17) is 11.6 Å². The lowest BCUT2D eigenvalue weighted by atomic mass is 10.0. The second-order valence-corrected chi connectivity index (χ2v) is 5.73. The number of halogens is 1. The molecular weight excluding hydrogens is 288 g/mol. The number of nitrogens with zero attached hydrogens (tertiary/aromatic N) is 1. The maximum Gasteiger partial charge on any atom is 0.245 e. The standard InChI is InChI=1S/C16H21ClN2O2/c1-2-14(20)18-13-8-10-19(11-9-13)16(21)15(17)12-6-4-3-5-7-12/h3-7,13,15H,2,8-11H2,1H3,(H,18,20). The van der Waals surface area contributed by atoms with Crippen molar-refractivity contribution in [1.29, 1.82) is 0 Å². The van der Waals surface area contributed by atoms with E-state index in [9.17, 15) is 9.59 Å². The van der Waals surface area contributed by atoms with Crippen molar-refractivity contribution in [2.24, 2.45) is 0 Å². The van der Waals surface area contributed by atoms with Crippen LogP contribution in [-0.2, 0) is 9.59 Å². The molecule has 4 nitrogen and oxygen atoms in total. The fourth-order valence-electron chi connectivity index (χ4n) is 2.50. The van der Waals surface area contributed by atoms with Gasteiger partial charge in [-0.15, -0.1) is 11.6 Å². The molecule has 21 heavy (non-hydrogen) atoms. The van der Waals surface area contributed by atoms with Crippen LogP contribution >= 0.6 is 11.6 Å². The highest BCUT2D eigenvalue weighted by Crippen LogP contribution is 2.24. The van der Waals surface area contributed by atoms with E-state index in [0.29, 0.717) is 19.5 Å². The van der Waals surface area contributed by atoms with Gasteiger partial charge in [0.1, 0.15) is 5.38 Å². The highest BCUT2D eigenvalue weighted by Gasteiger charge is 2.28. The minimum absolute atomic E-state index is 0.0527. The maximum atomic E-state index is 12.4. The maximum absolute atomic E-state index is 12.4. The molecule has 0 aliphatic carbocycles. The molecule has 0 aromatic heterocycles. The molecule has 114 valence electrons. The zero-order chi connectivity index (χ0) is 15.2. The van der Waals surface area contributed by atoms with Crippen LogP contribution in [0.2, 0.25) is 0 Å². The van der Waals surface area contributed by atoms with Gasteiger partial charge in [-0.2, -0.15) is 0 Å². The van der Waals surface area contributed by atoms with Gasteiger partial charge < -0.3 is 10.2 Å². The third-order valence-corrected chi connectivity index (χ3v) is 4.24. The third-order valence-electron chi connectivity index (χ3n) is 3.80. The van der Waals surface area contributed by atoms with Crippen LogP contribution in [0.3, 0.4) is 0 Å². The van der Waals surface area contributed by atoms with E-state index in [1.807, 2.05) is 37.3 Å². The van der Waals surface area contributed by atoms with E-state index < -0.39 is 5.38 Å². The highest BCUT2D eigenvalue weighted by molar-refractivity contribution is 6.30. The summed E-state index contributed by atoms with van der Waals surface area (Å²) < 4.78 is 0. The van der Waals surface area contributed by atoms with E-state index >= 15 is 0 Å². The van der Waals surface area contributed by atoms with Crippen LogP contribution < -0.4 is 5.32 Å². The summed E-state index contributed by atoms with van der Waals surface area (Å²) in [5.74, 6) is 0.0161. The van der Waals surface area contributed by atoms with Gasteiger partial charge in [0.05, 0.1) is 0 Å². The van der Waals surface area contributed by atoms with E-state index in [2.05, 4.69) is 5.32 Å². The van der Waals surface area contributed by atoms with Gasteiger partial charge in [-0.3, -0.25) is 9.59 Å². The van der Waals surface area contributed by atoms with Crippen molar-refractivity contribution in [1.82, 2.24) is 10.2 Å². The molecule has 5 heteroatoms. The number of rotatable bonds is 4. The lowest BCUT2D eigenvalue weighted by Crippen LogP contribution is -2.47. The minimum Gasteiger partial charge on any atom is -0.353 e. The third kappa shape index (κ3) is 4.21. The molecule has 0 saturated carbocycles. The number of carbonyl (C=O) groups excluding carboxylic acids is 2. The molecule has 1 fully saturated rings. The Hall–Kier alpha value is -1.55. The van der Waals surface area contributed by atoms with Gasteiger partial charge in [0, 0.05) is 25.6 Å². The second kappa shape index (κ2) is 7.46. The van der Waals surface area contributed by atoms with Crippen LogP contribution in [0.4, 0.5) is 0 Å². The average molecular weight is 309 g/mol. The Bertz CT molecular complexity index is 484. The van der Waals surface area contributed by atoms with Crippen LogP contribution in [-0.4, -0.2) is 35.8 Å². The molecule has 1 aromatic rings. The number of hydrogen-bond acceptors (Lipinski definition) is 2. The molecule has 1 N–H and O–H groups in total. The fraction of sp³-hybridized carbons (Fsp3) is 0.500. The Morgan fingerprint density at radius 1 is 1.29 bits per heavy atom. The van der Waals surface area contributed by atoms with Crippen molar-refractivity contribution in [2.45, 2.75) is 37.6 Å². The van der Waals surface area contributed by atoms with Crippen molar-refractivity contribution in [3.05, 3.63) is 35.9 Å². The second-order valence-electron chi connectivity index (χ2n) is 5.29. The predicted molar refractivity (Wildman–Crippen MR) is 83.1 cm³/mol. The first-order valence-electron chi connectivity index (χ1n) is 7.39. The summed E-state index contributed by atoms with van der Waals surface area (Å²) in [5, 5.41) is 2.35.